The van der Waals surface area contributed by atoms with Gasteiger partial charge in [0, 0.05) is 13.7 Å². The second kappa shape index (κ2) is 6.44. The average molecular weight is 247 g/mol. The van der Waals surface area contributed by atoms with Gasteiger partial charge in [0.25, 0.3) is 0 Å². The molecule has 6 nitrogen and oxygen atoms in total. The van der Waals surface area contributed by atoms with Crippen molar-refractivity contribution < 1.29 is 9.47 Å². The Balaban J connectivity index is 2.61. The van der Waals surface area contributed by atoms with E-state index in [0.29, 0.717) is 19.2 Å². The van der Waals surface area contributed by atoms with Crippen LogP contribution in [0.3, 0.4) is 0 Å². The summed E-state index contributed by atoms with van der Waals surface area (Å²) < 4.78 is 10.6. The van der Waals surface area contributed by atoms with Crippen LogP contribution in [0.4, 0.5) is 5.95 Å². The number of aromatic nitrogens is 3. The van der Waals surface area contributed by atoms with Gasteiger partial charge in [-0.3, -0.25) is 0 Å². The molecule has 1 rings (SSSR count). The van der Waals surface area contributed by atoms with Crippen molar-refractivity contribution in [2.45, 2.75) is 20.0 Å². The summed E-state index contributed by atoms with van der Waals surface area (Å²) in [7, 11) is 1.69. The average Bonchev–Trinajstić information content (AvgIpc) is 2.25. The van der Waals surface area contributed by atoms with Crippen LogP contribution in [-0.2, 0) is 4.74 Å². The number of halogens is 1. The first-order valence-corrected chi connectivity index (χ1v) is 5.37. The van der Waals surface area contributed by atoms with Gasteiger partial charge < -0.3 is 14.8 Å². The Bertz CT molecular complexity index is 337. The minimum absolute atomic E-state index is 0.0953. The quantitative estimate of drug-likeness (QED) is 0.818. The van der Waals surface area contributed by atoms with E-state index in [1.807, 2.05) is 13.8 Å². The largest absolute Gasteiger partial charge is 0.458 e. The maximum absolute atomic E-state index is 5.70. The van der Waals surface area contributed by atoms with E-state index in [9.17, 15) is 0 Å². The van der Waals surface area contributed by atoms with E-state index >= 15 is 0 Å². The van der Waals surface area contributed by atoms with Crippen LogP contribution in [0.25, 0.3) is 0 Å². The molecule has 0 bridgehead atoms. The summed E-state index contributed by atoms with van der Waals surface area (Å²) in [4.78, 5) is 11.7. The minimum atomic E-state index is -0.136. The van der Waals surface area contributed by atoms with Gasteiger partial charge in [0.1, 0.15) is 6.10 Å². The molecule has 1 aromatic rings. The Labute approximate surface area is 99.4 Å². The van der Waals surface area contributed by atoms with Crippen LogP contribution in [-0.4, -0.2) is 41.3 Å². The summed E-state index contributed by atoms with van der Waals surface area (Å²) in [6.07, 6.45) is -0.136. The van der Waals surface area contributed by atoms with Crippen LogP contribution in [0.15, 0.2) is 0 Å². The molecule has 16 heavy (non-hydrogen) atoms. The predicted molar refractivity (Wildman–Crippen MR) is 61.0 cm³/mol. The molecule has 0 spiro atoms. The monoisotopic (exact) mass is 246 g/mol. The molecule has 0 aliphatic carbocycles. The molecule has 0 saturated carbocycles. The maximum Gasteiger partial charge on any atom is 0.322 e. The molecule has 0 aliphatic rings. The van der Waals surface area contributed by atoms with Gasteiger partial charge in [-0.2, -0.15) is 15.0 Å². The summed E-state index contributed by atoms with van der Waals surface area (Å²) in [6.45, 7) is 4.92. The third-order valence-electron chi connectivity index (χ3n) is 1.67. The van der Waals surface area contributed by atoms with E-state index in [4.69, 9.17) is 21.1 Å². The van der Waals surface area contributed by atoms with Crippen molar-refractivity contribution in [3.05, 3.63) is 5.28 Å². The summed E-state index contributed by atoms with van der Waals surface area (Å²) >= 11 is 5.70. The van der Waals surface area contributed by atoms with Gasteiger partial charge in [0.15, 0.2) is 0 Å². The number of anilines is 1. The highest BCUT2D eigenvalue weighted by Crippen LogP contribution is 2.12. The number of hydrogen-bond donors (Lipinski definition) is 1. The second-order valence-corrected chi connectivity index (χ2v) is 3.39. The van der Waals surface area contributed by atoms with E-state index in [-0.39, 0.29) is 17.4 Å². The van der Waals surface area contributed by atoms with Crippen LogP contribution in [0.2, 0.25) is 5.28 Å². The fourth-order valence-electron chi connectivity index (χ4n) is 0.994. The minimum Gasteiger partial charge on any atom is -0.458 e. The number of rotatable bonds is 6. The Morgan fingerprint density at radius 3 is 2.75 bits per heavy atom. The molecule has 0 amide bonds. The highest BCUT2D eigenvalue weighted by molar-refractivity contribution is 6.28. The van der Waals surface area contributed by atoms with Crippen LogP contribution < -0.4 is 10.1 Å². The SMILES string of the molecule is CCOCC(C)Oc1nc(Cl)nc(NC)n1. The number of nitrogens with one attached hydrogen (secondary N) is 1. The molecule has 1 aromatic heterocycles. The van der Waals surface area contributed by atoms with Crippen LogP contribution >= 0.6 is 11.6 Å². The maximum atomic E-state index is 5.70. The smallest absolute Gasteiger partial charge is 0.322 e. The van der Waals surface area contributed by atoms with E-state index in [1.165, 1.54) is 0 Å². The van der Waals surface area contributed by atoms with Gasteiger partial charge >= 0.3 is 6.01 Å². The van der Waals surface area contributed by atoms with E-state index in [2.05, 4.69) is 20.3 Å². The Morgan fingerprint density at radius 2 is 2.12 bits per heavy atom. The lowest BCUT2D eigenvalue weighted by molar-refractivity contribution is 0.0607. The van der Waals surface area contributed by atoms with Crippen molar-refractivity contribution >= 4 is 17.5 Å². The van der Waals surface area contributed by atoms with Crippen molar-refractivity contribution in [2.75, 3.05) is 25.6 Å². The lowest BCUT2D eigenvalue weighted by atomic mass is 10.4. The number of nitrogens with zero attached hydrogens (tertiary/aromatic N) is 3. The van der Waals surface area contributed by atoms with Crippen molar-refractivity contribution in [1.29, 1.82) is 0 Å². The highest BCUT2D eigenvalue weighted by atomic mass is 35.5. The van der Waals surface area contributed by atoms with Crippen molar-refractivity contribution in [2.24, 2.45) is 0 Å². The van der Waals surface area contributed by atoms with Crippen LogP contribution in [0.1, 0.15) is 13.8 Å². The molecule has 1 heterocycles. The fraction of sp³-hybridized carbons (Fsp3) is 0.667. The zero-order valence-electron chi connectivity index (χ0n) is 9.53. The molecular formula is C9H15ClN4O2. The summed E-state index contributed by atoms with van der Waals surface area (Å²) in [5.74, 6) is 0.374. The molecule has 0 fully saturated rings. The summed E-state index contributed by atoms with van der Waals surface area (Å²) in [5, 5.41) is 2.86. The summed E-state index contributed by atoms with van der Waals surface area (Å²) in [5.41, 5.74) is 0. The number of ether oxygens (including phenoxy) is 2. The fourth-order valence-corrected chi connectivity index (χ4v) is 1.15. The van der Waals surface area contributed by atoms with Gasteiger partial charge in [-0.15, -0.1) is 0 Å². The zero-order chi connectivity index (χ0) is 12.0. The first-order chi connectivity index (χ1) is 7.65. The Hall–Kier alpha value is -1.14. The highest BCUT2D eigenvalue weighted by Gasteiger charge is 2.09. The zero-order valence-corrected chi connectivity index (χ0v) is 10.3. The molecule has 90 valence electrons. The molecule has 1 N–H and O–H groups in total. The van der Waals surface area contributed by atoms with Gasteiger partial charge in [0.05, 0.1) is 6.61 Å². The molecule has 7 heteroatoms. The van der Waals surface area contributed by atoms with E-state index in [0.717, 1.165) is 0 Å². The second-order valence-electron chi connectivity index (χ2n) is 3.05. The first kappa shape index (κ1) is 12.9. The Morgan fingerprint density at radius 1 is 1.38 bits per heavy atom. The third kappa shape index (κ3) is 4.16. The summed E-state index contributed by atoms with van der Waals surface area (Å²) in [6, 6.07) is 0.191. The topological polar surface area (TPSA) is 69.2 Å². The molecular weight excluding hydrogens is 232 g/mol. The molecule has 1 unspecified atom stereocenters. The Kier molecular flexibility index (Phi) is 5.21. The van der Waals surface area contributed by atoms with Crippen molar-refractivity contribution in [3.8, 4) is 6.01 Å². The lowest BCUT2D eigenvalue weighted by Crippen LogP contribution is -2.20. The molecule has 0 aliphatic heterocycles. The first-order valence-electron chi connectivity index (χ1n) is 4.99. The van der Waals surface area contributed by atoms with Crippen molar-refractivity contribution in [3.63, 3.8) is 0 Å². The lowest BCUT2D eigenvalue weighted by Gasteiger charge is -2.12. The van der Waals surface area contributed by atoms with Gasteiger partial charge in [0.2, 0.25) is 11.2 Å². The molecule has 0 aromatic carbocycles. The van der Waals surface area contributed by atoms with Crippen LogP contribution in [0.5, 0.6) is 6.01 Å². The molecule has 1 atom stereocenters. The van der Waals surface area contributed by atoms with Gasteiger partial charge in [-0.05, 0) is 25.4 Å². The molecule has 0 radical (unpaired) electrons. The normalized spacial score (nSPS) is 12.2. The molecule has 0 saturated heterocycles. The predicted octanol–water partition coefficient (Wildman–Crippen LogP) is 1.37. The van der Waals surface area contributed by atoms with Crippen molar-refractivity contribution in [1.82, 2.24) is 15.0 Å². The van der Waals surface area contributed by atoms with Gasteiger partial charge in [-0.1, -0.05) is 0 Å². The number of hydrogen-bond acceptors (Lipinski definition) is 6. The van der Waals surface area contributed by atoms with E-state index in [1.54, 1.807) is 7.05 Å². The van der Waals surface area contributed by atoms with Crippen LogP contribution in [0, 0.1) is 0 Å². The third-order valence-corrected chi connectivity index (χ3v) is 1.84. The standard InChI is InChI=1S/C9H15ClN4O2/c1-4-15-5-6(2)16-9-13-7(10)12-8(11-3)14-9/h6H,4-5H2,1-3H3,(H,11,12,13,14). The van der Waals surface area contributed by atoms with Gasteiger partial charge in [-0.25, -0.2) is 0 Å². The van der Waals surface area contributed by atoms with E-state index < -0.39 is 0 Å².